The second kappa shape index (κ2) is 7.49. The predicted molar refractivity (Wildman–Crippen MR) is 103 cm³/mol. The predicted octanol–water partition coefficient (Wildman–Crippen LogP) is 2.91. The fourth-order valence-electron chi connectivity index (χ4n) is 2.70. The Balaban J connectivity index is 1.67. The summed E-state index contributed by atoms with van der Waals surface area (Å²) in [6, 6.07) is 8.83. The van der Waals surface area contributed by atoms with Gasteiger partial charge in [0.25, 0.3) is 5.91 Å². The molecule has 7 nitrogen and oxygen atoms in total. The van der Waals surface area contributed by atoms with Gasteiger partial charge in [-0.05, 0) is 50.6 Å². The first kappa shape index (κ1) is 18.4. The topological polar surface area (TPSA) is 83.4 Å². The molecule has 0 radical (unpaired) electrons. The first-order chi connectivity index (χ1) is 12.8. The minimum absolute atomic E-state index is 0.157. The molecule has 1 aliphatic heterocycles. The quantitative estimate of drug-likeness (QED) is 0.630. The van der Waals surface area contributed by atoms with Gasteiger partial charge in [-0.1, -0.05) is 17.7 Å². The van der Waals surface area contributed by atoms with Crippen LogP contribution < -0.4 is 10.6 Å². The lowest BCUT2D eigenvalue weighted by atomic mass is 10.2. The summed E-state index contributed by atoms with van der Waals surface area (Å²) < 4.78 is 2.00. The Morgan fingerprint density at radius 1 is 1.19 bits per heavy atom. The van der Waals surface area contributed by atoms with E-state index < -0.39 is 17.8 Å². The fourth-order valence-corrected chi connectivity index (χ4v) is 2.70. The van der Waals surface area contributed by atoms with E-state index in [0.717, 1.165) is 16.0 Å². The fraction of sp³-hybridized carbons (Fsp3) is 0.250. The van der Waals surface area contributed by atoms with Crippen molar-refractivity contribution in [2.75, 3.05) is 11.9 Å². The molecule has 1 aliphatic rings. The molecule has 3 rings (SSSR count). The van der Waals surface area contributed by atoms with Gasteiger partial charge in [-0.15, -0.1) is 0 Å². The molecular weight excluding hydrogens is 344 g/mol. The van der Waals surface area contributed by atoms with Gasteiger partial charge in [-0.25, -0.2) is 9.69 Å². The Labute approximate surface area is 157 Å². The molecule has 0 unspecified atom stereocenters. The van der Waals surface area contributed by atoms with E-state index in [9.17, 15) is 14.4 Å². The summed E-state index contributed by atoms with van der Waals surface area (Å²) in [4.78, 5) is 37.7. The SMILES string of the molecule is Cc1ccc(NC(=O)CN2C(=O)N/C(=C/c3ccn(C(C)C)c3)C2=O)cc1. The molecule has 2 aromatic rings. The zero-order valence-corrected chi connectivity index (χ0v) is 15.5. The van der Waals surface area contributed by atoms with Crippen LogP contribution in [-0.2, 0) is 9.59 Å². The maximum atomic E-state index is 12.5. The lowest BCUT2D eigenvalue weighted by Crippen LogP contribution is -2.38. The molecule has 2 N–H and O–H groups in total. The molecule has 1 saturated heterocycles. The summed E-state index contributed by atoms with van der Waals surface area (Å²) in [5.41, 5.74) is 2.65. The van der Waals surface area contributed by atoms with Crippen molar-refractivity contribution in [1.82, 2.24) is 14.8 Å². The third kappa shape index (κ3) is 4.25. The number of carbonyl (C=O) groups excluding carboxylic acids is 3. The molecule has 2 heterocycles. The second-order valence-electron chi connectivity index (χ2n) is 6.78. The second-order valence-corrected chi connectivity index (χ2v) is 6.78. The average molecular weight is 366 g/mol. The van der Waals surface area contributed by atoms with E-state index in [1.54, 1.807) is 18.2 Å². The van der Waals surface area contributed by atoms with Gasteiger partial charge in [0.2, 0.25) is 5.91 Å². The van der Waals surface area contributed by atoms with Gasteiger partial charge in [-0.3, -0.25) is 9.59 Å². The van der Waals surface area contributed by atoms with Crippen LogP contribution in [0.2, 0.25) is 0 Å². The molecule has 1 fully saturated rings. The normalized spacial score (nSPS) is 15.6. The number of amides is 4. The summed E-state index contributed by atoms with van der Waals surface area (Å²) in [5, 5.41) is 5.21. The third-order valence-electron chi connectivity index (χ3n) is 4.24. The van der Waals surface area contributed by atoms with E-state index in [2.05, 4.69) is 10.6 Å². The molecule has 0 saturated carbocycles. The molecule has 1 aromatic heterocycles. The number of aryl methyl sites for hydroxylation is 1. The summed E-state index contributed by atoms with van der Waals surface area (Å²) in [5.74, 6) is -0.953. The number of imide groups is 1. The Bertz CT molecular complexity index is 910. The monoisotopic (exact) mass is 366 g/mol. The zero-order chi connectivity index (χ0) is 19.6. The van der Waals surface area contributed by atoms with Crippen LogP contribution >= 0.6 is 0 Å². The summed E-state index contributed by atoms with van der Waals surface area (Å²) in [7, 11) is 0. The van der Waals surface area contributed by atoms with Gasteiger partial charge in [0.1, 0.15) is 12.2 Å². The van der Waals surface area contributed by atoms with Crippen LogP contribution in [-0.4, -0.2) is 33.9 Å². The van der Waals surface area contributed by atoms with Crippen molar-refractivity contribution in [3.8, 4) is 0 Å². The van der Waals surface area contributed by atoms with E-state index >= 15 is 0 Å². The average Bonchev–Trinajstić information content (AvgIpc) is 3.18. The number of nitrogens with zero attached hydrogens (tertiary/aromatic N) is 2. The molecule has 0 aliphatic carbocycles. The highest BCUT2D eigenvalue weighted by atomic mass is 16.2. The summed E-state index contributed by atoms with van der Waals surface area (Å²) in [6.45, 7) is 5.70. The van der Waals surface area contributed by atoms with E-state index in [1.807, 2.05) is 55.9 Å². The molecule has 27 heavy (non-hydrogen) atoms. The van der Waals surface area contributed by atoms with Crippen molar-refractivity contribution < 1.29 is 14.4 Å². The smallest absolute Gasteiger partial charge is 0.329 e. The Morgan fingerprint density at radius 2 is 1.89 bits per heavy atom. The number of nitrogens with one attached hydrogen (secondary N) is 2. The van der Waals surface area contributed by atoms with E-state index in [0.29, 0.717) is 11.7 Å². The number of carbonyl (C=O) groups is 3. The van der Waals surface area contributed by atoms with E-state index in [-0.39, 0.29) is 12.2 Å². The van der Waals surface area contributed by atoms with Crippen LogP contribution in [0, 0.1) is 6.92 Å². The van der Waals surface area contributed by atoms with Crippen molar-refractivity contribution in [2.45, 2.75) is 26.8 Å². The Kier molecular flexibility index (Phi) is 5.12. The van der Waals surface area contributed by atoms with Crippen molar-refractivity contribution in [1.29, 1.82) is 0 Å². The minimum atomic E-state index is -0.603. The number of rotatable bonds is 5. The number of hydrogen-bond donors (Lipinski definition) is 2. The highest BCUT2D eigenvalue weighted by Crippen LogP contribution is 2.16. The van der Waals surface area contributed by atoms with Gasteiger partial charge in [0.15, 0.2) is 0 Å². The third-order valence-corrected chi connectivity index (χ3v) is 4.24. The van der Waals surface area contributed by atoms with Crippen molar-refractivity contribution in [2.24, 2.45) is 0 Å². The maximum absolute atomic E-state index is 12.5. The zero-order valence-electron chi connectivity index (χ0n) is 15.5. The lowest BCUT2D eigenvalue weighted by Gasteiger charge is -2.12. The molecule has 1 aromatic carbocycles. The van der Waals surface area contributed by atoms with Crippen LogP contribution in [0.4, 0.5) is 10.5 Å². The minimum Gasteiger partial charge on any atom is -0.351 e. The van der Waals surface area contributed by atoms with Gasteiger partial charge in [0.05, 0.1) is 0 Å². The van der Waals surface area contributed by atoms with Crippen LogP contribution in [0.5, 0.6) is 0 Å². The molecular formula is C20H22N4O3. The maximum Gasteiger partial charge on any atom is 0.329 e. The number of anilines is 1. The number of urea groups is 1. The number of hydrogen-bond acceptors (Lipinski definition) is 3. The first-order valence-electron chi connectivity index (χ1n) is 8.72. The lowest BCUT2D eigenvalue weighted by molar-refractivity contribution is -0.127. The largest absolute Gasteiger partial charge is 0.351 e. The van der Waals surface area contributed by atoms with Crippen LogP contribution in [0.15, 0.2) is 48.4 Å². The van der Waals surface area contributed by atoms with Crippen LogP contribution in [0.3, 0.4) is 0 Å². The Morgan fingerprint density at radius 3 is 2.52 bits per heavy atom. The Hall–Kier alpha value is -3.35. The van der Waals surface area contributed by atoms with Crippen LogP contribution in [0.1, 0.15) is 31.0 Å². The number of benzene rings is 1. The molecule has 0 spiro atoms. The van der Waals surface area contributed by atoms with Gasteiger partial charge in [-0.2, -0.15) is 0 Å². The summed E-state index contributed by atoms with van der Waals surface area (Å²) >= 11 is 0. The molecule has 0 bridgehead atoms. The van der Waals surface area contributed by atoms with Gasteiger partial charge < -0.3 is 15.2 Å². The highest BCUT2D eigenvalue weighted by Gasteiger charge is 2.34. The van der Waals surface area contributed by atoms with Crippen LogP contribution in [0.25, 0.3) is 6.08 Å². The molecule has 7 heteroatoms. The van der Waals surface area contributed by atoms with Gasteiger partial charge >= 0.3 is 6.03 Å². The van der Waals surface area contributed by atoms with Crippen molar-refractivity contribution in [3.05, 3.63) is 59.5 Å². The standard InChI is InChI=1S/C20H22N4O3/c1-13(2)23-9-8-15(11-23)10-17-19(26)24(20(27)22-17)12-18(25)21-16-6-4-14(3)5-7-16/h4-11,13H,12H2,1-3H3,(H,21,25)(H,22,27)/b17-10+. The molecule has 4 amide bonds. The number of aromatic nitrogens is 1. The molecule has 0 atom stereocenters. The van der Waals surface area contributed by atoms with E-state index in [1.165, 1.54) is 0 Å². The first-order valence-corrected chi connectivity index (χ1v) is 8.72. The summed E-state index contributed by atoms with van der Waals surface area (Å²) in [6.07, 6.45) is 5.41. The molecule has 140 valence electrons. The van der Waals surface area contributed by atoms with E-state index in [4.69, 9.17) is 0 Å². The van der Waals surface area contributed by atoms with Gasteiger partial charge in [0, 0.05) is 24.1 Å². The van der Waals surface area contributed by atoms with Crippen molar-refractivity contribution >= 4 is 29.6 Å². The highest BCUT2D eigenvalue weighted by molar-refractivity contribution is 6.15. The van der Waals surface area contributed by atoms with Crippen molar-refractivity contribution in [3.63, 3.8) is 0 Å².